The smallest absolute Gasteiger partial charge is 0.291 e. The quantitative estimate of drug-likeness (QED) is 0.556. The molecule has 2 aromatic carbocycles. The topological polar surface area (TPSA) is 71.3 Å². The Labute approximate surface area is 164 Å². The number of furan rings is 1. The zero-order valence-corrected chi connectivity index (χ0v) is 16.2. The molecule has 0 saturated heterocycles. The summed E-state index contributed by atoms with van der Waals surface area (Å²) in [5, 5.41) is 5.55. The van der Waals surface area contributed by atoms with Crippen LogP contribution in [0.2, 0.25) is 0 Å². The first-order valence-corrected chi connectivity index (χ1v) is 9.09. The lowest BCUT2D eigenvalue weighted by molar-refractivity contribution is 0.0948. The van der Waals surface area contributed by atoms with Gasteiger partial charge in [-0.05, 0) is 78.0 Å². The van der Waals surface area contributed by atoms with Gasteiger partial charge in [-0.2, -0.15) is 0 Å². The fourth-order valence-electron chi connectivity index (χ4n) is 2.30. The van der Waals surface area contributed by atoms with Crippen molar-refractivity contribution < 1.29 is 14.0 Å². The van der Waals surface area contributed by atoms with E-state index < -0.39 is 0 Å². The van der Waals surface area contributed by atoms with E-state index in [0.717, 1.165) is 9.13 Å². The highest BCUT2D eigenvalue weighted by Gasteiger charge is 2.12. The molecule has 0 atom stereocenters. The van der Waals surface area contributed by atoms with Gasteiger partial charge < -0.3 is 15.1 Å². The fraction of sp³-hybridized carbons (Fsp3) is 0.100. The van der Waals surface area contributed by atoms with E-state index in [0.29, 0.717) is 17.0 Å². The zero-order valence-electron chi connectivity index (χ0n) is 14.1. The second-order valence-corrected chi connectivity index (χ2v) is 7.02. The lowest BCUT2D eigenvalue weighted by Crippen LogP contribution is -2.22. The number of anilines is 1. The minimum atomic E-state index is -0.331. The van der Waals surface area contributed by atoms with Gasteiger partial charge >= 0.3 is 0 Å². The molecule has 0 fully saturated rings. The molecular weight excluding hydrogens is 443 g/mol. The summed E-state index contributed by atoms with van der Waals surface area (Å²) in [7, 11) is 0. The van der Waals surface area contributed by atoms with Crippen molar-refractivity contribution >= 4 is 40.1 Å². The average molecular weight is 460 g/mol. The Morgan fingerprint density at radius 2 is 1.62 bits per heavy atom. The second kappa shape index (κ2) is 8.18. The van der Waals surface area contributed by atoms with Gasteiger partial charge in [-0.3, -0.25) is 9.59 Å². The molecule has 2 amide bonds. The Morgan fingerprint density at radius 3 is 2.31 bits per heavy atom. The van der Waals surface area contributed by atoms with E-state index >= 15 is 0 Å². The highest BCUT2D eigenvalue weighted by molar-refractivity contribution is 14.1. The summed E-state index contributed by atoms with van der Waals surface area (Å²) >= 11 is 2.20. The van der Waals surface area contributed by atoms with E-state index in [1.807, 2.05) is 43.3 Å². The molecule has 0 spiro atoms. The third-order valence-corrected chi connectivity index (χ3v) is 4.44. The summed E-state index contributed by atoms with van der Waals surface area (Å²) in [6.45, 7) is 2.18. The van der Waals surface area contributed by atoms with Crippen LogP contribution in [0, 0.1) is 10.5 Å². The number of carbonyl (C=O) groups is 2. The molecule has 0 radical (unpaired) electrons. The third-order valence-electron chi connectivity index (χ3n) is 3.72. The number of amides is 2. The molecule has 0 saturated carbocycles. The molecule has 3 aromatic rings. The van der Waals surface area contributed by atoms with Gasteiger partial charge in [0.2, 0.25) is 0 Å². The largest absolute Gasteiger partial charge is 0.454 e. The highest BCUT2D eigenvalue weighted by atomic mass is 127. The van der Waals surface area contributed by atoms with Gasteiger partial charge in [-0.1, -0.05) is 17.7 Å². The standard InChI is InChI=1S/C20H17IN2O3/c1-13-2-4-14(5-3-13)19(24)22-12-17-10-11-18(26-17)20(25)23-16-8-6-15(21)7-9-16/h2-11H,12H2,1H3,(H,22,24)(H,23,25). The SMILES string of the molecule is Cc1ccc(C(=O)NCc2ccc(C(=O)Nc3ccc(I)cc3)o2)cc1. The van der Waals surface area contributed by atoms with Crippen molar-refractivity contribution in [2.24, 2.45) is 0 Å². The summed E-state index contributed by atoms with van der Waals surface area (Å²) < 4.78 is 6.61. The number of nitrogens with one attached hydrogen (secondary N) is 2. The van der Waals surface area contributed by atoms with Crippen molar-refractivity contribution in [2.75, 3.05) is 5.32 Å². The number of halogens is 1. The van der Waals surface area contributed by atoms with Crippen molar-refractivity contribution in [2.45, 2.75) is 13.5 Å². The van der Waals surface area contributed by atoms with Crippen LogP contribution in [-0.4, -0.2) is 11.8 Å². The van der Waals surface area contributed by atoms with E-state index in [9.17, 15) is 9.59 Å². The molecule has 6 heteroatoms. The van der Waals surface area contributed by atoms with Crippen LogP contribution in [0.1, 0.15) is 32.2 Å². The van der Waals surface area contributed by atoms with E-state index in [4.69, 9.17) is 4.42 Å². The Kier molecular flexibility index (Phi) is 5.72. The number of hydrogen-bond donors (Lipinski definition) is 2. The normalized spacial score (nSPS) is 10.4. The van der Waals surface area contributed by atoms with Gasteiger partial charge in [0.25, 0.3) is 11.8 Å². The van der Waals surface area contributed by atoms with Crippen molar-refractivity contribution in [3.8, 4) is 0 Å². The van der Waals surface area contributed by atoms with Crippen LogP contribution in [0.15, 0.2) is 65.1 Å². The first-order valence-electron chi connectivity index (χ1n) is 8.02. The Morgan fingerprint density at radius 1 is 0.923 bits per heavy atom. The minimum Gasteiger partial charge on any atom is -0.454 e. The number of benzene rings is 2. The monoisotopic (exact) mass is 460 g/mol. The summed E-state index contributed by atoms with van der Waals surface area (Å²) in [6.07, 6.45) is 0. The van der Waals surface area contributed by atoms with Crippen LogP contribution < -0.4 is 10.6 Å². The molecule has 3 rings (SSSR count). The van der Waals surface area contributed by atoms with E-state index in [1.54, 1.807) is 24.3 Å². The molecule has 0 aliphatic carbocycles. The molecule has 2 N–H and O–H groups in total. The molecular formula is C20H17IN2O3. The third kappa shape index (κ3) is 4.72. The van der Waals surface area contributed by atoms with Crippen LogP contribution in [0.3, 0.4) is 0 Å². The molecule has 1 aromatic heterocycles. The fourth-order valence-corrected chi connectivity index (χ4v) is 2.65. The van der Waals surface area contributed by atoms with Crippen molar-refractivity contribution in [3.05, 3.63) is 86.9 Å². The predicted molar refractivity (Wildman–Crippen MR) is 108 cm³/mol. The van der Waals surface area contributed by atoms with Crippen molar-refractivity contribution in [1.29, 1.82) is 0 Å². The highest BCUT2D eigenvalue weighted by Crippen LogP contribution is 2.14. The molecule has 5 nitrogen and oxygen atoms in total. The number of rotatable bonds is 5. The maximum atomic E-state index is 12.2. The molecule has 0 unspecified atom stereocenters. The van der Waals surface area contributed by atoms with Gasteiger partial charge in [0.05, 0.1) is 6.54 Å². The van der Waals surface area contributed by atoms with Crippen LogP contribution in [0.5, 0.6) is 0 Å². The average Bonchev–Trinajstić information content (AvgIpc) is 3.11. The lowest BCUT2D eigenvalue weighted by atomic mass is 10.1. The molecule has 1 heterocycles. The molecule has 132 valence electrons. The van der Waals surface area contributed by atoms with Crippen LogP contribution in [-0.2, 0) is 6.54 Å². The molecule has 0 aliphatic heterocycles. The van der Waals surface area contributed by atoms with Crippen molar-refractivity contribution in [3.63, 3.8) is 0 Å². The Bertz CT molecular complexity index is 915. The summed E-state index contributed by atoms with van der Waals surface area (Å²) in [5.41, 5.74) is 2.37. The van der Waals surface area contributed by atoms with Crippen LogP contribution in [0.4, 0.5) is 5.69 Å². The Balaban J connectivity index is 1.57. The van der Waals surface area contributed by atoms with Crippen LogP contribution >= 0.6 is 22.6 Å². The molecule has 26 heavy (non-hydrogen) atoms. The zero-order chi connectivity index (χ0) is 18.5. The minimum absolute atomic E-state index is 0.189. The van der Waals surface area contributed by atoms with Gasteiger partial charge in [0.15, 0.2) is 5.76 Å². The molecule has 0 aliphatic rings. The lowest BCUT2D eigenvalue weighted by Gasteiger charge is -2.04. The molecule has 0 bridgehead atoms. The number of aryl methyl sites for hydroxylation is 1. The first kappa shape index (κ1) is 18.2. The van der Waals surface area contributed by atoms with Gasteiger partial charge in [0, 0.05) is 14.8 Å². The maximum Gasteiger partial charge on any atom is 0.291 e. The number of hydrogen-bond acceptors (Lipinski definition) is 3. The predicted octanol–water partition coefficient (Wildman–Crippen LogP) is 4.37. The van der Waals surface area contributed by atoms with E-state index in [-0.39, 0.29) is 24.1 Å². The van der Waals surface area contributed by atoms with Gasteiger partial charge in [-0.15, -0.1) is 0 Å². The Hall–Kier alpha value is -2.61. The summed E-state index contributed by atoms with van der Waals surface area (Å²) in [5.74, 6) is 0.190. The van der Waals surface area contributed by atoms with E-state index in [2.05, 4.69) is 33.2 Å². The summed E-state index contributed by atoms with van der Waals surface area (Å²) in [4.78, 5) is 24.3. The number of carbonyl (C=O) groups excluding carboxylic acids is 2. The van der Waals surface area contributed by atoms with Gasteiger partial charge in [-0.25, -0.2) is 0 Å². The first-order chi connectivity index (χ1) is 12.5. The maximum absolute atomic E-state index is 12.2. The summed E-state index contributed by atoms with van der Waals surface area (Å²) in [6, 6.07) is 18.0. The van der Waals surface area contributed by atoms with Crippen LogP contribution in [0.25, 0.3) is 0 Å². The van der Waals surface area contributed by atoms with E-state index in [1.165, 1.54) is 0 Å². The second-order valence-electron chi connectivity index (χ2n) is 5.78. The van der Waals surface area contributed by atoms with Gasteiger partial charge in [0.1, 0.15) is 5.76 Å². The van der Waals surface area contributed by atoms with Crippen molar-refractivity contribution in [1.82, 2.24) is 5.32 Å².